The number of benzene rings is 1. The van der Waals surface area contributed by atoms with Crippen LogP contribution < -0.4 is 5.56 Å². The number of nitrogens with zero attached hydrogens (tertiary/aromatic N) is 2. The number of rotatable bonds is 2. The number of nitriles is 1. The second-order valence-corrected chi connectivity index (χ2v) is 5.21. The quantitative estimate of drug-likeness (QED) is 0.927. The summed E-state index contributed by atoms with van der Waals surface area (Å²) in [5.74, 6) is 0.465. The van der Waals surface area contributed by atoms with Crippen LogP contribution in [0.1, 0.15) is 30.0 Å². The van der Waals surface area contributed by atoms with Gasteiger partial charge in [0.15, 0.2) is 0 Å². The first-order valence-electron chi connectivity index (χ1n) is 5.71. The Morgan fingerprint density at radius 3 is 2.89 bits per heavy atom. The van der Waals surface area contributed by atoms with E-state index in [1.165, 1.54) is 4.68 Å². The molecule has 5 heteroatoms. The average Bonchev–Trinajstić information content (AvgIpc) is 3.19. The maximum absolute atomic E-state index is 12.1. The van der Waals surface area contributed by atoms with E-state index in [1.807, 2.05) is 6.07 Å². The van der Waals surface area contributed by atoms with Crippen LogP contribution in [0.25, 0.3) is 5.69 Å². The molecule has 1 N–H and O–H groups in total. The van der Waals surface area contributed by atoms with Gasteiger partial charge >= 0.3 is 0 Å². The van der Waals surface area contributed by atoms with E-state index in [-0.39, 0.29) is 5.56 Å². The third kappa shape index (κ3) is 1.79. The molecular weight excluding hydrogens is 294 g/mol. The Balaban J connectivity index is 2.14. The van der Waals surface area contributed by atoms with Crippen LogP contribution >= 0.6 is 15.9 Å². The SMILES string of the molecule is N#Cc1cccc(-n2[nH]c(C3CC3)c(Br)c2=O)c1. The number of H-pyrrole nitrogens is 1. The molecule has 1 saturated carbocycles. The smallest absolute Gasteiger partial charge is 0.285 e. The number of halogens is 1. The second kappa shape index (κ2) is 4.14. The maximum atomic E-state index is 12.1. The minimum Gasteiger partial charge on any atom is -0.294 e. The largest absolute Gasteiger partial charge is 0.294 e. The normalized spacial score (nSPS) is 14.4. The summed E-state index contributed by atoms with van der Waals surface area (Å²) in [6.45, 7) is 0. The highest BCUT2D eigenvalue weighted by Gasteiger charge is 2.29. The zero-order chi connectivity index (χ0) is 12.7. The van der Waals surface area contributed by atoms with Crippen LogP contribution in [-0.4, -0.2) is 9.78 Å². The molecule has 0 aliphatic heterocycles. The Labute approximate surface area is 112 Å². The van der Waals surface area contributed by atoms with Crippen LogP contribution in [-0.2, 0) is 0 Å². The maximum Gasteiger partial charge on any atom is 0.285 e. The molecule has 2 aromatic rings. The Hall–Kier alpha value is -1.80. The van der Waals surface area contributed by atoms with Gasteiger partial charge in [-0.15, -0.1) is 0 Å². The first-order valence-corrected chi connectivity index (χ1v) is 6.51. The third-order valence-corrected chi connectivity index (χ3v) is 3.84. The van der Waals surface area contributed by atoms with Gasteiger partial charge in [-0.05, 0) is 47.0 Å². The number of aromatic amines is 1. The van der Waals surface area contributed by atoms with Crippen molar-refractivity contribution in [1.82, 2.24) is 9.78 Å². The van der Waals surface area contributed by atoms with Gasteiger partial charge in [-0.2, -0.15) is 5.26 Å². The fraction of sp³-hybridized carbons (Fsp3) is 0.231. The molecule has 3 rings (SSSR count). The third-order valence-electron chi connectivity index (χ3n) is 3.08. The molecule has 18 heavy (non-hydrogen) atoms. The summed E-state index contributed by atoms with van der Waals surface area (Å²) in [5, 5.41) is 12.0. The first kappa shape index (κ1) is 11.3. The lowest BCUT2D eigenvalue weighted by molar-refractivity contribution is 0.816. The van der Waals surface area contributed by atoms with E-state index in [4.69, 9.17) is 5.26 Å². The molecule has 1 aliphatic carbocycles. The van der Waals surface area contributed by atoms with E-state index < -0.39 is 0 Å². The van der Waals surface area contributed by atoms with Crippen molar-refractivity contribution in [3.05, 3.63) is 50.3 Å². The van der Waals surface area contributed by atoms with Gasteiger partial charge in [0.1, 0.15) is 4.47 Å². The van der Waals surface area contributed by atoms with E-state index in [1.54, 1.807) is 18.2 Å². The lowest BCUT2D eigenvalue weighted by Crippen LogP contribution is -2.14. The minimum absolute atomic E-state index is 0.105. The van der Waals surface area contributed by atoms with Crippen LogP contribution in [0.15, 0.2) is 33.5 Å². The molecule has 90 valence electrons. The molecule has 1 heterocycles. The highest BCUT2D eigenvalue weighted by atomic mass is 79.9. The predicted octanol–water partition coefficient (Wildman–Crippen LogP) is 2.68. The van der Waals surface area contributed by atoms with Crippen molar-refractivity contribution >= 4 is 15.9 Å². The monoisotopic (exact) mass is 303 g/mol. The van der Waals surface area contributed by atoms with Gasteiger partial charge in [0.2, 0.25) is 0 Å². The van der Waals surface area contributed by atoms with Crippen molar-refractivity contribution < 1.29 is 0 Å². The van der Waals surface area contributed by atoms with Crippen LogP contribution in [0.4, 0.5) is 0 Å². The Morgan fingerprint density at radius 2 is 2.22 bits per heavy atom. The van der Waals surface area contributed by atoms with Crippen molar-refractivity contribution in [1.29, 1.82) is 5.26 Å². The summed E-state index contributed by atoms with van der Waals surface area (Å²) in [7, 11) is 0. The molecule has 0 atom stereocenters. The van der Waals surface area contributed by atoms with Crippen LogP contribution in [0.3, 0.4) is 0 Å². The van der Waals surface area contributed by atoms with Crippen molar-refractivity contribution in [2.75, 3.05) is 0 Å². The molecule has 1 fully saturated rings. The fourth-order valence-electron chi connectivity index (χ4n) is 1.97. The molecule has 0 amide bonds. The summed E-state index contributed by atoms with van der Waals surface area (Å²) in [6.07, 6.45) is 2.24. The summed E-state index contributed by atoms with van der Waals surface area (Å²) in [5.41, 5.74) is 2.08. The van der Waals surface area contributed by atoms with E-state index >= 15 is 0 Å². The van der Waals surface area contributed by atoms with Crippen LogP contribution in [0.2, 0.25) is 0 Å². The molecule has 0 saturated heterocycles. The summed E-state index contributed by atoms with van der Waals surface area (Å²) < 4.78 is 2.09. The van der Waals surface area contributed by atoms with Crippen molar-refractivity contribution in [3.8, 4) is 11.8 Å². The van der Waals surface area contributed by atoms with E-state index in [2.05, 4.69) is 27.1 Å². The minimum atomic E-state index is -0.105. The molecular formula is C13H10BrN3O. The van der Waals surface area contributed by atoms with E-state index in [0.717, 1.165) is 18.5 Å². The van der Waals surface area contributed by atoms with E-state index in [0.29, 0.717) is 21.6 Å². The van der Waals surface area contributed by atoms with Crippen molar-refractivity contribution in [2.45, 2.75) is 18.8 Å². The lowest BCUT2D eigenvalue weighted by Gasteiger charge is -2.01. The summed E-state index contributed by atoms with van der Waals surface area (Å²) in [4.78, 5) is 12.1. The molecule has 0 bridgehead atoms. The highest BCUT2D eigenvalue weighted by Crippen LogP contribution is 2.41. The first-order chi connectivity index (χ1) is 8.70. The standard InChI is InChI=1S/C13H10BrN3O/c14-11-12(9-4-5-9)16-17(13(11)18)10-3-1-2-8(6-10)7-15/h1-3,6,9,16H,4-5H2. The zero-order valence-corrected chi connectivity index (χ0v) is 11.1. The number of hydrogen-bond acceptors (Lipinski definition) is 2. The van der Waals surface area contributed by atoms with Crippen LogP contribution in [0.5, 0.6) is 0 Å². The average molecular weight is 304 g/mol. The zero-order valence-electron chi connectivity index (χ0n) is 9.48. The lowest BCUT2D eigenvalue weighted by atomic mass is 10.2. The molecule has 0 spiro atoms. The van der Waals surface area contributed by atoms with E-state index in [9.17, 15) is 4.79 Å². The summed E-state index contributed by atoms with van der Waals surface area (Å²) in [6, 6.07) is 9.06. The molecule has 0 radical (unpaired) electrons. The van der Waals surface area contributed by atoms with Crippen LogP contribution in [0, 0.1) is 11.3 Å². The Kier molecular flexibility index (Phi) is 2.60. The number of aromatic nitrogens is 2. The Bertz CT molecular complexity index is 704. The van der Waals surface area contributed by atoms with Crippen molar-refractivity contribution in [2.24, 2.45) is 0 Å². The van der Waals surface area contributed by atoms with Gasteiger partial charge in [-0.1, -0.05) is 6.07 Å². The van der Waals surface area contributed by atoms with Gasteiger partial charge in [0.05, 0.1) is 23.0 Å². The topological polar surface area (TPSA) is 61.6 Å². The summed E-state index contributed by atoms with van der Waals surface area (Å²) >= 11 is 3.34. The molecule has 1 aliphatic rings. The fourth-order valence-corrected chi connectivity index (χ4v) is 2.56. The Morgan fingerprint density at radius 1 is 1.44 bits per heavy atom. The van der Waals surface area contributed by atoms with Gasteiger partial charge in [-0.3, -0.25) is 9.89 Å². The van der Waals surface area contributed by atoms with Gasteiger partial charge in [0.25, 0.3) is 5.56 Å². The second-order valence-electron chi connectivity index (χ2n) is 4.42. The molecule has 0 unspecified atom stereocenters. The predicted molar refractivity (Wildman–Crippen MR) is 70.8 cm³/mol. The number of hydrogen-bond donors (Lipinski definition) is 1. The number of nitrogens with one attached hydrogen (secondary N) is 1. The molecule has 1 aromatic heterocycles. The van der Waals surface area contributed by atoms with Gasteiger partial charge in [-0.25, -0.2) is 4.68 Å². The van der Waals surface area contributed by atoms with Gasteiger partial charge in [0, 0.05) is 5.92 Å². The molecule has 1 aromatic carbocycles. The van der Waals surface area contributed by atoms with Crippen molar-refractivity contribution in [3.63, 3.8) is 0 Å². The molecule has 4 nitrogen and oxygen atoms in total. The van der Waals surface area contributed by atoms with Gasteiger partial charge < -0.3 is 0 Å². The highest BCUT2D eigenvalue weighted by molar-refractivity contribution is 9.10.